The Labute approximate surface area is 86.3 Å². The second-order valence-electron chi connectivity index (χ2n) is 3.05. The topological polar surface area (TPSA) is 37.3 Å². The molecule has 1 N–H and O–H groups in total. The van der Waals surface area contributed by atoms with Gasteiger partial charge in [-0.2, -0.15) is 0 Å². The van der Waals surface area contributed by atoms with Crippen LogP contribution in [0.4, 0.5) is 4.39 Å². The molecule has 0 aliphatic carbocycles. The number of halogens is 2. The highest BCUT2D eigenvalue weighted by Gasteiger charge is 2.10. The smallest absolute Gasteiger partial charge is 0.303 e. The van der Waals surface area contributed by atoms with Crippen molar-refractivity contribution >= 4 is 17.6 Å². The lowest BCUT2D eigenvalue weighted by atomic mass is 10.1. The number of carboxylic acid groups (broad SMARTS) is 1. The normalized spacial score (nSPS) is 10.2. The van der Waals surface area contributed by atoms with Crippen molar-refractivity contribution in [1.82, 2.24) is 0 Å². The van der Waals surface area contributed by atoms with Crippen molar-refractivity contribution in [3.8, 4) is 0 Å². The van der Waals surface area contributed by atoms with E-state index in [-0.39, 0.29) is 18.4 Å². The van der Waals surface area contributed by atoms with Crippen molar-refractivity contribution in [2.24, 2.45) is 0 Å². The predicted molar refractivity (Wildman–Crippen MR) is 52.1 cm³/mol. The van der Waals surface area contributed by atoms with E-state index >= 15 is 0 Å². The molecule has 0 unspecified atom stereocenters. The maximum atomic E-state index is 13.2. The highest BCUT2D eigenvalue weighted by molar-refractivity contribution is 6.32. The van der Waals surface area contributed by atoms with Gasteiger partial charge < -0.3 is 5.11 Å². The van der Waals surface area contributed by atoms with Gasteiger partial charge in [0.1, 0.15) is 5.82 Å². The van der Waals surface area contributed by atoms with Crippen molar-refractivity contribution in [3.63, 3.8) is 0 Å². The highest BCUT2D eigenvalue weighted by Crippen LogP contribution is 2.24. The molecule has 1 aromatic carbocycles. The number of hydrogen-bond acceptors (Lipinski definition) is 1. The molecule has 2 nitrogen and oxygen atoms in total. The summed E-state index contributed by atoms with van der Waals surface area (Å²) in [6.45, 7) is 1.76. The van der Waals surface area contributed by atoms with E-state index < -0.39 is 11.8 Å². The fraction of sp³-hybridized carbons (Fsp3) is 0.300. The first kappa shape index (κ1) is 11.0. The molecule has 0 bridgehead atoms. The zero-order valence-corrected chi connectivity index (χ0v) is 8.44. The molecule has 0 spiro atoms. The Morgan fingerprint density at radius 2 is 2.21 bits per heavy atom. The summed E-state index contributed by atoms with van der Waals surface area (Å²) in [4.78, 5) is 10.3. The van der Waals surface area contributed by atoms with Gasteiger partial charge in [-0.05, 0) is 25.0 Å². The Bertz CT molecular complexity index is 363. The van der Waals surface area contributed by atoms with Crippen LogP contribution in [0, 0.1) is 12.7 Å². The number of rotatable bonds is 3. The first-order chi connectivity index (χ1) is 6.52. The summed E-state index contributed by atoms with van der Waals surface area (Å²) >= 11 is 5.85. The van der Waals surface area contributed by atoms with Crippen LogP contribution < -0.4 is 0 Å². The minimum Gasteiger partial charge on any atom is -0.481 e. The van der Waals surface area contributed by atoms with Gasteiger partial charge in [-0.1, -0.05) is 17.7 Å². The first-order valence-electron chi connectivity index (χ1n) is 4.17. The van der Waals surface area contributed by atoms with E-state index in [1.807, 2.05) is 0 Å². The fourth-order valence-electron chi connectivity index (χ4n) is 1.18. The third-order valence-corrected chi connectivity index (χ3v) is 2.49. The molecule has 0 radical (unpaired) electrons. The van der Waals surface area contributed by atoms with E-state index in [0.29, 0.717) is 5.02 Å². The van der Waals surface area contributed by atoms with Crippen molar-refractivity contribution < 1.29 is 14.3 Å². The van der Waals surface area contributed by atoms with E-state index in [1.54, 1.807) is 13.0 Å². The average molecular weight is 217 g/mol. The van der Waals surface area contributed by atoms with Gasteiger partial charge in [-0.3, -0.25) is 4.79 Å². The van der Waals surface area contributed by atoms with Crippen LogP contribution in [0.3, 0.4) is 0 Å². The lowest BCUT2D eigenvalue weighted by Gasteiger charge is -2.06. The molecular formula is C10H10ClFO2. The van der Waals surface area contributed by atoms with E-state index in [1.165, 1.54) is 6.07 Å². The standard InChI is InChI=1S/C10H10ClFO2/c1-6-2-4-8(12)7(10(6)11)3-5-9(13)14/h2,4H,3,5H2,1H3,(H,13,14). The summed E-state index contributed by atoms with van der Waals surface area (Å²) in [6.07, 6.45) is 0.0156. The molecule has 1 rings (SSSR count). The maximum Gasteiger partial charge on any atom is 0.303 e. The molecule has 0 atom stereocenters. The second kappa shape index (κ2) is 4.42. The fourth-order valence-corrected chi connectivity index (χ4v) is 1.42. The largest absolute Gasteiger partial charge is 0.481 e. The maximum absolute atomic E-state index is 13.2. The van der Waals surface area contributed by atoms with Crippen molar-refractivity contribution in [2.75, 3.05) is 0 Å². The second-order valence-corrected chi connectivity index (χ2v) is 3.43. The van der Waals surface area contributed by atoms with Crippen LogP contribution in [-0.2, 0) is 11.2 Å². The SMILES string of the molecule is Cc1ccc(F)c(CCC(=O)O)c1Cl. The van der Waals surface area contributed by atoms with E-state index in [9.17, 15) is 9.18 Å². The van der Waals surface area contributed by atoms with Crippen LogP contribution in [0.15, 0.2) is 12.1 Å². The van der Waals surface area contributed by atoms with Gasteiger partial charge in [-0.15, -0.1) is 0 Å². The number of benzene rings is 1. The third kappa shape index (κ3) is 2.45. The predicted octanol–water partition coefficient (Wildman–Crippen LogP) is 2.80. The molecule has 0 aliphatic rings. The Morgan fingerprint density at radius 1 is 1.57 bits per heavy atom. The van der Waals surface area contributed by atoms with Crippen LogP contribution in [0.2, 0.25) is 5.02 Å². The molecule has 0 saturated heterocycles. The highest BCUT2D eigenvalue weighted by atomic mass is 35.5. The van der Waals surface area contributed by atoms with Gasteiger partial charge >= 0.3 is 5.97 Å². The summed E-state index contributed by atoms with van der Waals surface area (Å²) in [5, 5.41) is 8.79. The van der Waals surface area contributed by atoms with Gasteiger partial charge in [0.25, 0.3) is 0 Å². The molecule has 1 aromatic rings. The van der Waals surface area contributed by atoms with E-state index in [4.69, 9.17) is 16.7 Å². The summed E-state index contributed by atoms with van der Waals surface area (Å²) < 4.78 is 13.2. The Kier molecular flexibility index (Phi) is 3.47. The summed E-state index contributed by atoms with van der Waals surface area (Å²) in [5.41, 5.74) is 1.04. The van der Waals surface area contributed by atoms with Gasteiger partial charge in [0.05, 0.1) is 0 Å². The van der Waals surface area contributed by atoms with E-state index in [2.05, 4.69) is 0 Å². The van der Waals surface area contributed by atoms with Crippen LogP contribution in [-0.4, -0.2) is 11.1 Å². The van der Waals surface area contributed by atoms with Crippen LogP contribution in [0.5, 0.6) is 0 Å². The molecule has 4 heteroatoms. The lowest BCUT2D eigenvalue weighted by molar-refractivity contribution is -0.136. The minimum absolute atomic E-state index is 0.111. The number of hydrogen-bond donors (Lipinski definition) is 1. The molecule has 76 valence electrons. The summed E-state index contributed by atoms with van der Waals surface area (Å²) in [6, 6.07) is 2.88. The molecular weight excluding hydrogens is 207 g/mol. The van der Waals surface area contributed by atoms with Crippen molar-refractivity contribution in [2.45, 2.75) is 19.8 Å². The zero-order chi connectivity index (χ0) is 10.7. The zero-order valence-electron chi connectivity index (χ0n) is 7.68. The van der Waals surface area contributed by atoms with Crippen LogP contribution >= 0.6 is 11.6 Å². The Balaban J connectivity index is 2.95. The van der Waals surface area contributed by atoms with E-state index in [0.717, 1.165) is 5.56 Å². The molecule has 0 heterocycles. The molecule has 14 heavy (non-hydrogen) atoms. The Morgan fingerprint density at radius 3 is 2.79 bits per heavy atom. The van der Waals surface area contributed by atoms with Crippen molar-refractivity contribution in [3.05, 3.63) is 34.1 Å². The number of carbonyl (C=O) groups is 1. The molecule has 0 aliphatic heterocycles. The van der Waals surface area contributed by atoms with Crippen LogP contribution in [0.25, 0.3) is 0 Å². The van der Waals surface area contributed by atoms with Gasteiger partial charge in [0.15, 0.2) is 0 Å². The molecule has 0 fully saturated rings. The number of aliphatic carboxylic acids is 1. The average Bonchev–Trinajstić information content (AvgIpc) is 2.11. The summed E-state index contributed by atoms with van der Waals surface area (Å²) in [5.74, 6) is -1.40. The van der Waals surface area contributed by atoms with Crippen LogP contribution in [0.1, 0.15) is 17.5 Å². The molecule has 0 aromatic heterocycles. The first-order valence-corrected chi connectivity index (χ1v) is 4.55. The van der Waals surface area contributed by atoms with Gasteiger partial charge in [-0.25, -0.2) is 4.39 Å². The summed E-state index contributed by atoms with van der Waals surface area (Å²) in [7, 11) is 0. The molecule has 0 amide bonds. The number of aryl methyl sites for hydroxylation is 1. The third-order valence-electron chi connectivity index (χ3n) is 1.97. The Hall–Kier alpha value is -1.09. The van der Waals surface area contributed by atoms with Gasteiger partial charge in [0.2, 0.25) is 0 Å². The monoisotopic (exact) mass is 216 g/mol. The number of carboxylic acids is 1. The quantitative estimate of drug-likeness (QED) is 0.844. The van der Waals surface area contributed by atoms with Gasteiger partial charge in [0, 0.05) is 17.0 Å². The van der Waals surface area contributed by atoms with Crippen molar-refractivity contribution in [1.29, 1.82) is 0 Å². The lowest BCUT2D eigenvalue weighted by Crippen LogP contribution is -2.01. The minimum atomic E-state index is -0.957. The molecule has 0 saturated carbocycles.